The molecule has 0 unspecified atom stereocenters. The number of rotatable bonds is 3. The molecular formula is C21H20BrNO2. The molecule has 0 amide bonds. The first-order valence-corrected chi connectivity index (χ1v) is 9.44. The molecule has 1 aromatic heterocycles. The molecule has 0 bridgehead atoms. The lowest BCUT2D eigenvalue weighted by Gasteiger charge is -2.16. The second-order valence-electron chi connectivity index (χ2n) is 6.54. The number of ether oxygens (including phenoxy) is 1. The van der Waals surface area contributed by atoms with Crippen molar-refractivity contribution in [3.63, 3.8) is 0 Å². The van der Waals surface area contributed by atoms with E-state index in [1.54, 1.807) is 0 Å². The van der Waals surface area contributed by atoms with Gasteiger partial charge in [-0.25, -0.2) is 4.79 Å². The van der Waals surface area contributed by atoms with Gasteiger partial charge in [0.15, 0.2) is 0 Å². The quantitative estimate of drug-likeness (QED) is 0.574. The number of aromatic nitrogens is 1. The first-order valence-electron chi connectivity index (χ1n) is 8.64. The summed E-state index contributed by atoms with van der Waals surface area (Å²) < 4.78 is 8.45. The van der Waals surface area contributed by atoms with Gasteiger partial charge in [-0.2, -0.15) is 0 Å². The summed E-state index contributed by atoms with van der Waals surface area (Å²) in [7, 11) is 1.45. The number of benzene rings is 2. The predicted octanol–water partition coefficient (Wildman–Crippen LogP) is 5.12. The lowest BCUT2D eigenvalue weighted by atomic mass is 9.95. The summed E-state index contributed by atoms with van der Waals surface area (Å²) >= 11 is 3.50. The minimum Gasteiger partial charge on any atom is -0.465 e. The fourth-order valence-electron chi connectivity index (χ4n) is 3.91. The maximum Gasteiger partial charge on any atom is 0.340 e. The zero-order valence-electron chi connectivity index (χ0n) is 14.2. The van der Waals surface area contributed by atoms with Crippen LogP contribution < -0.4 is 0 Å². The molecule has 0 spiro atoms. The zero-order valence-corrected chi connectivity index (χ0v) is 15.8. The standard InChI is InChI=1S/C21H20BrNO2/c1-25-21(24)18-7-4-6-17-16-5-2-3-8-19(16)23(20(17)18)13-14-9-11-15(22)12-10-14/h4,6-7,9-12H,2-3,5,8,13H2,1H3. The third-order valence-corrected chi connectivity index (χ3v) is 5.58. The van der Waals surface area contributed by atoms with Crippen LogP contribution in [-0.4, -0.2) is 17.6 Å². The molecule has 128 valence electrons. The number of carbonyl (C=O) groups is 1. The smallest absolute Gasteiger partial charge is 0.340 e. The molecular weight excluding hydrogens is 378 g/mol. The summed E-state index contributed by atoms with van der Waals surface area (Å²) in [5.41, 5.74) is 5.69. The second kappa shape index (κ2) is 6.68. The number of nitrogens with zero attached hydrogens (tertiary/aromatic N) is 1. The fraction of sp³-hybridized carbons (Fsp3) is 0.286. The van der Waals surface area contributed by atoms with E-state index in [-0.39, 0.29) is 5.97 Å². The Morgan fingerprint density at radius 2 is 1.88 bits per heavy atom. The van der Waals surface area contributed by atoms with Crippen LogP contribution in [0, 0.1) is 0 Å². The molecule has 25 heavy (non-hydrogen) atoms. The summed E-state index contributed by atoms with van der Waals surface area (Å²) in [6.07, 6.45) is 4.58. The minimum absolute atomic E-state index is 0.266. The van der Waals surface area contributed by atoms with E-state index in [4.69, 9.17) is 4.74 Å². The number of hydrogen-bond donors (Lipinski definition) is 0. The van der Waals surface area contributed by atoms with Gasteiger partial charge in [0.25, 0.3) is 0 Å². The van der Waals surface area contributed by atoms with Crippen LogP contribution in [0.1, 0.15) is 40.0 Å². The summed E-state index contributed by atoms with van der Waals surface area (Å²) in [5.74, 6) is -0.266. The van der Waals surface area contributed by atoms with Gasteiger partial charge in [0.1, 0.15) is 0 Å². The topological polar surface area (TPSA) is 31.2 Å². The van der Waals surface area contributed by atoms with Crippen molar-refractivity contribution in [2.45, 2.75) is 32.2 Å². The van der Waals surface area contributed by atoms with E-state index in [1.807, 2.05) is 12.1 Å². The van der Waals surface area contributed by atoms with Crippen molar-refractivity contribution in [2.24, 2.45) is 0 Å². The molecule has 1 aliphatic rings. The molecule has 1 aliphatic carbocycles. The third-order valence-electron chi connectivity index (χ3n) is 5.05. The fourth-order valence-corrected chi connectivity index (χ4v) is 4.18. The SMILES string of the molecule is COC(=O)c1cccc2c3c(n(Cc4ccc(Br)cc4)c12)CCCC3. The molecule has 0 aliphatic heterocycles. The van der Waals surface area contributed by atoms with Gasteiger partial charge in [0.05, 0.1) is 18.2 Å². The van der Waals surface area contributed by atoms with Crippen LogP contribution in [0.25, 0.3) is 10.9 Å². The molecule has 3 aromatic rings. The van der Waals surface area contributed by atoms with Gasteiger partial charge in [0.2, 0.25) is 0 Å². The first-order chi connectivity index (χ1) is 12.2. The van der Waals surface area contributed by atoms with Crippen LogP contribution in [0.4, 0.5) is 0 Å². The molecule has 4 rings (SSSR count). The summed E-state index contributed by atoms with van der Waals surface area (Å²) in [6, 6.07) is 14.4. The summed E-state index contributed by atoms with van der Waals surface area (Å²) in [4.78, 5) is 12.3. The highest BCUT2D eigenvalue weighted by atomic mass is 79.9. The molecule has 3 nitrogen and oxygen atoms in total. The van der Waals surface area contributed by atoms with Gasteiger partial charge in [0, 0.05) is 22.1 Å². The number of carbonyl (C=O) groups excluding carboxylic acids is 1. The Morgan fingerprint density at radius 1 is 1.12 bits per heavy atom. The maximum absolute atomic E-state index is 12.3. The van der Waals surface area contributed by atoms with Gasteiger partial charge in [-0.05, 0) is 55.0 Å². The van der Waals surface area contributed by atoms with Gasteiger partial charge in [-0.1, -0.05) is 40.2 Å². The van der Waals surface area contributed by atoms with Gasteiger partial charge in [-0.3, -0.25) is 0 Å². The van der Waals surface area contributed by atoms with E-state index in [0.717, 1.165) is 29.4 Å². The molecule has 4 heteroatoms. The average molecular weight is 398 g/mol. The molecule has 1 heterocycles. The van der Waals surface area contributed by atoms with Crippen molar-refractivity contribution >= 4 is 32.8 Å². The van der Waals surface area contributed by atoms with E-state index in [2.05, 4.69) is 50.8 Å². The Morgan fingerprint density at radius 3 is 2.64 bits per heavy atom. The van der Waals surface area contributed by atoms with Crippen LogP contribution in [0.15, 0.2) is 46.9 Å². The van der Waals surface area contributed by atoms with Crippen LogP contribution in [0.5, 0.6) is 0 Å². The summed E-state index contributed by atoms with van der Waals surface area (Å²) in [6.45, 7) is 0.771. The van der Waals surface area contributed by atoms with E-state index >= 15 is 0 Å². The Balaban J connectivity index is 1.94. The third kappa shape index (κ3) is 2.89. The number of hydrogen-bond acceptors (Lipinski definition) is 2. The highest BCUT2D eigenvalue weighted by molar-refractivity contribution is 9.10. The molecule has 2 aromatic carbocycles. The molecule has 0 N–H and O–H groups in total. The molecule has 0 saturated carbocycles. The Kier molecular flexibility index (Phi) is 4.38. The molecule has 0 atom stereocenters. The van der Waals surface area contributed by atoms with Crippen LogP contribution >= 0.6 is 15.9 Å². The Labute approximate surface area is 155 Å². The normalized spacial score (nSPS) is 13.7. The van der Waals surface area contributed by atoms with Gasteiger partial charge < -0.3 is 9.30 Å². The zero-order chi connectivity index (χ0) is 17.4. The van der Waals surface area contributed by atoms with Crippen molar-refractivity contribution < 1.29 is 9.53 Å². The number of esters is 1. The van der Waals surface area contributed by atoms with Crippen molar-refractivity contribution in [1.29, 1.82) is 0 Å². The van der Waals surface area contributed by atoms with Crippen molar-refractivity contribution in [2.75, 3.05) is 7.11 Å². The van der Waals surface area contributed by atoms with Crippen molar-refractivity contribution in [3.05, 3.63) is 69.3 Å². The minimum atomic E-state index is -0.266. The highest BCUT2D eigenvalue weighted by Gasteiger charge is 2.24. The lowest BCUT2D eigenvalue weighted by molar-refractivity contribution is 0.0602. The molecule has 0 radical (unpaired) electrons. The molecule has 0 fully saturated rings. The monoisotopic (exact) mass is 397 g/mol. The van der Waals surface area contributed by atoms with Gasteiger partial charge >= 0.3 is 5.97 Å². The van der Waals surface area contributed by atoms with E-state index in [9.17, 15) is 4.79 Å². The van der Waals surface area contributed by atoms with Gasteiger partial charge in [-0.15, -0.1) is 0 Å². The van der Waals surface area contributed by atoms with Crippen molar-refractivity contribution in [3.8, 4) is 0 Å². The number of aryl methyl sites for hydroxylation is 1. The Bertz CT molecular complexity index is 941. The second-order valence-corrected chi connectivity index (χ2v) is 7.45. The first kappa shape index (κ1) is 16.4. The Hall–Kier alpha value is -2.07. The average Bonchev–Trinajstić information content (AvgIpc) is 2.97. The number of fused-ring (bicyclic) bond motifs is 3. The summed E-state index contributed by atoms with van der Waals surface area (Å²) in [5, 5.41) is 1.20. The lowest BCUT2D eigenvalue weighted by Crippen LogP contribution is -2.11. The van der Waals surface area contributed by atoms with E-state index in [1.165, 1.54) is 42.2 Å². The van der Waals surface area contributed by atoms with E-state index < -0.39 is 0 Å². The predicted molar refractivity (Wildman–Crippen MR) is 103 cm³/mol. The van der Waals surface area contributed by atoms with Crippen LogP contribution in [-0.2, 0) is 24.1 Å². The number of methoxy groups -OCH3 is 1. The van der Waals surface area contributed by atoms with Crippen LogP contribution in [0.3, 0.4) is 0 Å². The van der Waals surface area contributed by atoms with Crippen molar-refractivity contribution in [1.82, 2.24) is 4.57 Å². The molecule has 0 saturated heterocycles. The largest absolute Gasteiger partial charge is 0.465 e. The number of halogens is 1. The van der Waals surface area contributed by atoms with Crippen LogP contribution in [0.2, 0.25) is 0 Å². The maximum atomic E-state index is 12.3. The highest BCUT2D eigenvalue weighted by Crippen LogP contribution is 2.34. The number of para-hydroxylation sites is 1. The van der Waals surface area contributed by atoms with E-state index in [0.29, 0.717) is 5.56 Å².